The summed E-state index contributed by atoms with van der Waals surface area (Å²) in [6.45, 7) is 8.83. The zero-order chi connectivity index (χ0) is 39.8. The van der Waals surface area contributed by atoms with Crippen molar-refractivity contribution in [3.63, 3.8) is 0 Å². The number of hydrogen-bond donors (Lipinski definition) is 0. The molecule has 2 fully saturated rings. The number of hydrogen-bond acceptors (Lipinski definition) is 4. The number of carbonyl (C=O) groups excluding carboxylic acids is 1. The molecule has 2 bridgehead atoms. The third kappa shape index (κ3) is 4.63. The molecular weight excluding hydrogens is 868 g/mol. The Morgan fingerprint density at radius 2 is 0.961 bits per heavy atom. The molecule has 4 rings (SSSR count). The Morgan fingerprint density at radius 1 is 0.608 bits per heavy atom. The molecule has 2 unspecified atom stereocenters. The van der Waals surface area contributed by atoms with Crippen molar-refractivity contribution < 1.29 is 81.6 Å². The van der Waals surface area contributed by atoms with Crippen LogP contribution in [0.4, 0.5) is 65.9 Å². The fraction of sp³-hybridized carbons (Fsp3) is 0.567. The van der Waals surface area contributed by atoms with Gasteiger partial charge >= 0.3 is 289 Å². The molecule has 0 amide bonds. The van der Waals surface area contributed by atoms with Gasteiger partial charge in [-0.3, -0.25) is 0 Å². The van der Waals surface area contributed by atoms with Gasteiger partial charge in [0.2, 0.25) is 0 Å². The fourth-order valence-electron chi connectivity index (χ4n) is 6.75. The summed E-state index contributed by atoms with van der Waals surface area (Å²) in [7, 11) is -8.13. The summed E-state index contributed by atoms with van der Waals surface area (Å²) < 4.78 is 259. The molecule has 2 aromatic carbocycles. The van der Waals surface area contributed by atoms with Crippen molar-refractivity contribution in [3.05, 3.63) is 66.8 Å². The molecule has 0 spiro atoms. The number of rotatable bonds is 6. The van der Waals surface area contributed by atoms with Crippen molar-refractivity contribution in [1.29, 1.82) is 0 Å². The quantitative estimate of drug-likeness (QED) is 0.214. The van der Waals surface area contributed by atoms with Gasteiger partial charge in [-0.2, -0.15) is 0 Å². The predicted molar refractivity (Wildman–Crippen MR) is 157 cm³/mol. The van der Waals surface area contributed by atoms with Gasteiger partial charge in [0.1, 0.15) is 0 Å². The van der Waals surface area contributed by atoms with Crippen molar-refractivity contribution >= 4 is 36.1 Å². The Hall–Kier alpha value is -2.30. The second-order valence-electron chi connectivity index (χ2n) is 13.9. The monoisotopic (exact) mass is 894 g/mol. The molecule has 51 heavy (non-hydrogen) atoms. The third-order valence-electron chi connectivity index (χ3n) is 8.92. The van der Waals surface area contributed by atoms with Gasteiger partial charge < -0.3 is 0 Å². The molecule has 4 nitrogen and oxygen atoms in total. The molecule has 2 aliphatic rings. The normalized spacial score (nSPS) is 26.4. The Labute approximate surface area is 288 Å². The Bertz CT molecular complexity index is 1790. The standard InChI is InChI=1S/C30H26F15IO4S/c1-20(2,3)15-11-7-9-13-17(15)46(18-14-10-8-12-16(18)21(4,5)6)50-51(48,49)30(44,45)22-19(47)23(31,32)25(33,27(36,37)26(22,34)35)24(22,28(38,39)40)29(41,42)43/h7-14H,1-6H3. The van der Waals surface area contributed by atoms with Crippen LogP contribution in [0, 0.1) is 18.0 Å². The van der Waals surface area contributed by atoms with Crippen LogP contribution in [0.1, 0.15) is 52.7 Å². The summed E-state index contributed by atoms with van der Waals surface area (Å²) >= 11 is -5.02. The Balaban J connectivity index is 2.22. The van der Waals surface area contributed by atoms with Crippen molar-refractivity contribution in [2.24, 2.45) is 10.8 Å². The summed E-state index contributed by atoms with van der Waals surface area (Å²) in [6.07, 6.45) is -16.8. The van der Waals surface area contributed by atoms with E-state index in [2.05, 4.69) is 2.51 Å². The second kappa shape index (κ2) is 11.1. The molecular formula is C30H26F15IO4S. The van der Waals surface area contributed by atoms with E-state index in [1.807, 2.05) is 0 Å². The molecule has 2 saturated carbocycles. The van der Waals surface area contributed by atoms with Crippen LogP contribution in [0.25, 0.3) is 0 Å². The minimum atomic E-state index is -8.45. The molecule has 2 aromatic rings. The molecule has 0 aliphatic heterocycles. The SMILES string of the molecule is CC(C)(C)c1ccccc1I(OS(=O)(=O)C(F)(F)C12C(=O)C(F)(F)C(F)(C(F)(F)C1(F)F)C2(C(F)(F)F)C(F)(F)F)c1ccccc1C(C)(C)C. The first kappa shape index (κ1) is 41.5. The predicted octanol–water partition coefficient (Wildman–Crippen LogP) is 9.99. The topological polar surface area (TPSA) is 60.4 Å². The molecule has 0 saturated heterocycles. The van der Waals surface area contributed by atoms with Crippen LogP contribution in [-0.2, 0) is 28.3 Å². The molecule has 0 N–H and O–H groups in total. The number of benzene rings is 2. The number of ketones is 1. The zero-order valence-corrected chi connectivity index (χ0v) is 29.7. The molecule has 0 radical (unpaired) electrons. The fourth-order valence-corrected chi connectivity index (χ4v) is 15.9. The van der Waals surface area contributed by atoms with E-state index in [-0.39, 0.29) is 18.3 Å². The van der Waals surface area contributed by atoms with Crippen molar-refractivity contribution in [3.8, 4) is 0 Å². The van der Waals surface area contributed by atoms with Crippen LogP contribution in [0.2, 0.25) is 0 Å². The van der Waals surface area contributed by atoms with Gasteiger partial charge in [0, 0.05) is 0 Å². The van der Waals surface area contributed by atoms with Gasteiger partial charge in [0.15, 0.2) is 0 Å². The number of alkyl halides is 15. The molecule has 2 aliphatic carbocycles. The second-order valence-corrected chi connectivity index (χ2v) is 20.3. The summed E-state index contributed by atoms with van der Waals surface area (Å²) in [5.74, 6) is -29.0. The van der Waals surface area contributed by atoms with E-state index in [0.29, 0.717) is 0 Å². The van der Waals surface area contributed by atoms with E-state index in [4.69, 9.17) is 0 Å². The van der Waals surface area contributed by atoms with Crippen molar-refractivity contribution in [2.75, 3.05) is 0 Å². The van der Waals surface area contributed by atoms with Crippen LogP contribution in [0.3, 0.4) is 0 Å². The molecule has 21 heteroatoms. The van der Waals surface area contributed by atoms with Crippen LogP contribution in [0.5, 0.6) is 0 Å². The van der Waals surface area contributed by atoms with Crippen LogP contribution < -0.4 is 0 Å². The molecule has 288 valence electrons. The average molecular weight is 894 g/mol. The van der Waals surface area contributed by atoms with Gasteiger partial charge in [-0.05, 0) is 0 Å². The maximum atomic E-state index is 16.6. The number of carbonyl (C=O) groups is 1. The molecule has 0 heterocycles. The van der Waals surface area contributed by atoms with Crippen molar-refractivity contribution in [2.45, 2.75) is 93.4 Å². The molecule has 2 atom stereocenters. The van der Waals surface area contributed by atoms with E-state index in [9.17, 15) is 39.6 Å². The Morgan fingerprint density at radius 3 is 1.29 bits per heavy atom. The first-order chi connectivity index (χ1) is 22.5. The van der Waals surface area contributed by atoms with E-state index < -0.39 is 98.8 Å². The number of fused-ring (bicyclic) bond motifs is 2. The summed E-state index contributed by atoms with van der Waals surface area (Å²) in [4.78, 5) is 12.7. The van der Waals surface area contributed by atoms with E-state index in [0.717, 1.165) is 24.3 Å². The van der Waals surface area contributed by atoms with Gasteiger partial charge in [0.05, 0.1) is 0 Å². The summed E-state index contributed by atoms with van der Waals surface area (Å²) in [6, 6.07) is 9.59. The summed E-state index contributed by atoms with van der Waals surface area (Å²) in [5.41, 5.74) is -26.9. The maximum absolute atomic E-state index is 16.6. The van der Waals surface area contributed by atoms with Gasteiger partial charge in [-0.1, -0.05) is 0 Å². The summed E-state index contributed by atoms with van der Waals surface area (Å²) in [5, 5.41) is -8.01. The zero-order valence-electron chi connectivity index (χ0n) is 26.7. The number of Topliss-reactive ketones (excluding diaryl/α,β-unsaturated/α-hetero) is 1. The average Bonchev–Trinajstić information content (AvgIpc) is 3.16. The first-order valence-corrected chi connectivity index (χ1v) is 18.6. The van der Waals surface area contributed by atoms with Crippen LogP contribution >= 0.6 is 20.2 Å². The third-order valence-corrected chi connectivity index (χ3v) is 16.6. The Kier molecular flexibility index (Phi) is 9.04. The van der Waals surface area contributed by atoms with E-state index >= 15 is 39.5 Å². The van der Waals surface area contributed by atoms with Gasteiger partial charge in [0.25, 0.3) is 0 Å². The van der Waals surface area contributed by atoms with E-state index in [1.165, 1.54) is 65.8 Å². The molecule has 0 aromatic heterocycles. The first-order valence-electron chi connectivity index (χ1n) is 14.2. The van der Waals surface area contributed by atoms with Gasteiger partial charge in [-0.25, -0.2) is 0 Å². The van der Waals surface area contributed by atoms with Crippen LogP contribution in [0.15, 0.2) is 48.5 Å². The minimum absolute atomic E-state index is 0.0412. The van der Waals surface area contributed by atoms with Crippen LogP contribution in [-0.4, -0.2) is 55.2 Å². The van der Waals surface area contributed by atoms with E-state index in [1.54, 1.807) is 0 Å². The number of halogens is 16. The van der Waals surface area contributed by atoms with Crippen molar-refractivity contribution in [1.82, 2.24) is 0 Å². The van der Waals surface area contributed by atoms with Gasteiger partial charge in [-0.15, -0.1) is 0 Å².